The van der Waals surface area contributed by atoms with Gasteiger partial charge in [0.25, 0.3) is 0 Å². The van der Waals surface area contributed by atoms with Crippen molar-refractivity contribution in [3.8, 4) is 0 Å². The Bertz CT molecular complexity index is 544. The predicted molar refractivity (Wildman–Crippen MR) is 71.3 cm³/mol. The minimum Gasteiger partial charge on any atom is -0.337 e. The van der Waals surface area contributed by atoms with Gasteiger partial charge in [-0.2, -0.15) is 13.2 Å². The van der Waals surface area contributed by atoms with E-state index in [1.165, 1.54) is 20.0 Å². The zero-order valence-corrected chi connectivity index (χ0v) is 11.6. The molecule has 0 spiro atoms. The molecular formula is C13H16F3N3O2. The monoisotopic (exact) mass is 303 g/mol. The van der Waals surface area contributed by atoms with Crippen LogP contribution >= 0.6 is 0 Å². The molecule has 1 aromatic rings. The molecule has 21 heavy (non-hydrogen) atoms. The van der Waals surface area contributed by atoms with Crippen LogP contribution in [0.4, 0.5) is 18.9 Å². The van der Waals surface area contributed by atoms with Crippen LogP contribution < -0.4 is 11.1 Å². The summed E-state index contributed by atoms with van der Waals surface area (Å²) in [5.41, 5.74) is 4.70. The Morgan fingerprint density at radius 2 is 1.90 bits per heavy atom. The molecule has 3 N–H and O–H groups in total. The van der Waals surface area contributed by atoms with Crippen molar-refractivity contribution < 1.29 is 22.8 Å². The van der Waals surface area contributed by atoms with Gasteiger partial charge in [-0.05, 0) is 23.8 Å². The molecular weight excluding hydrogens is 287 g/mol. The van der Waals surface area contributed by atoms with Crippen LogP contribution in [0.3, 0.4) is 0 Å². The van der Waals surface area contributed by atoms with Crippen molar-refractivity contribution in [1.82, 2.24) is 4.90 Å². The van der Waals surface area contributed by atoms with Gasteiger partial charge in [-0.3, -0.25) is 9.59 Å². The highest BCUT2D eigenvalue weighted by molar-refractivity contribution is 5.94. The lowest BCUT2D eigenvalue weighted by molar-refractivity contribution is -0.137. The molecule has 0 bridgehead atoms. The number of nitrogens with one attached hydrogen (secondary N) is 1. The molecule has 0 heterocycles. The van der Waals surface area contributed by atoms with E-state index < -0.39 is 17.6 Å². The summed E-state index contributed by atoms with van der Waals surface area (Å²) in [7, 11) is 1.42. The number of hydrogen-bond donors (Lipinski definition) is 2. The molecule has 0 saturated heterocycles. The van der Waals surface area contributed by atoms with E-state index in [1.807, 2.05) is 0 Å². The van der Waals surface area contributed by atoms with Gasteiger partial charge in [-0.15, -0.1) is 0 Å². The first-order valence-corrected chi connectivity index (χ1v) is 6.06. The maximum atomic E-state index is 12.7. The fraction of sp³-hybridized carbons (Fsp3) is 0.385. The molecule has 0 fully saturated rings. The number of rotatable bonds is 4. The molecule has 0 unspecified atom stereocenters. The first kappa shape index (κ1) is 17.0. The van der Waals surface area contributed by atoms with Crippen LogP contribution in [-0.4, -0.2) is 30.3 Å². The molecule has 2 amide bonds. The lowest BCUT2D eigenvalue weighted by atomic mass is 10.1. The summed E-state index contributed by atoms with van der Waals surface area (Å²) >= 11 is 0. The van der Waals surface area contributed by atoms with Gasteiger partial charge in [-0.1, -0.05) is 0 Å². The lowest BCUT2D eigenvalue weighted by Gasteiger charge is -2.16. The minimum absolute atomic E-state index is 0.00720. The second-order valence-electron chi connectivity index (χ2n) is 4.54. The van der Waals surface area contributed by atoms with E-state index in [0.717, 1.165) is 17.0 Å². The number of amides is 2. The van der Waals surface area contributed by atoms with Crippen molar-refractivity contribution in [2.45, 2.75) is 19.6 Å². The van der Waals surface area contributed by atoms with E-state index in [4.69, 9.17) is 5.73 Å². The largest absolute Gasteiger partial charge is 0.416 e. The Morgan fingerprint density at radius 1 is 1.29 bits per heavy atom. The van der Waals surface area contributed by atoms with Crippen molar-refractivity contribution in [2.75, 3.05) is 18.9 Å². The van der Waals surface area contributed by atoms with Crippen molar-refractivity contribution >= 4 is 17.5 Å². The normalized spacial score (nSPS) is 11.1. The Labute approximate surface area is 119 Å². The van der Waals surface area contributed by atoms with Crippen LogP contribution in [0.1, 0.15) is 18.1 Å². The molecule has 1 aromatic carbocycles. The maximum absolute atomic E-state index is 12.7. The van der Waals surface area contributed by atoms with Crippen LogP contribution in [-0.2, 0) is 22.3 Å². The number of likely N-dealkylation sites (N-methyl/N-ethyl adjacent to an activating group) is 1. The lowest BCUT2D eigenvalue weighted by Crippen LogP contribution is -2.33. The second-order valence-corrected chi connectivity index (χ2v) is 4.54. The van der Waals surface area contributed by atoms with E-state index >= 15 is 0 Å². The quantitative estimate of drug-likeness (QED) is 0.887. The SMILES string of the molecule is CC(=O)N(C)CC(=O)Nc1cc(CN)cc(C(F)(F)F)c1. The zero-order chi connectivity index (χ0) is 16.2. The molecule has 0 saturated carbocycles. The highest BCUT2D eigenvalue weighted by Gasteiger charge is 2.31. The molecule has 0 aliphatic carbocycles. The fourth-order valence-corrected chi connectivity index (χ4v) is 1.57. The summed E-state index contributed by atoms with van der Waals surface area (Å²) < 4.78 is 38.2. The van der Waals surface area contributed by atoms with E-state index in [1.54, 1.807) is 0 Å². The zero-order valence-electron chi connectivity index (χ0n) is 11.6. The van der Waals surface area contributed by atoms with E-state index in [2.05, 4.69) is 5.32 Å². The minimum atomic E-state index is -4.53. The Hall–Kier alpha value is -2.09. The molecule has 0 aromatic heterocycles. The number of benzene rings is 1. The number of carbonyl (C=O) groups is 2. The third-order valence-corrected chi connectivity index (χ3v) is 2.76. The molecule has 0 radical (unpaired) electrons. The number of nitrogens with two attached hydrogens (primary N) is 1. The first-order chi connectivity index (χ1) is 9.63. The van der Waals surface area contributed by atoms with Crippen molar-refractivity contribution in [3.63, 3.8) is 0 Å². The van der Waals surface area contributed by atoms with Gasteiger partial charge in [0.2, 0.25) is 11.8 Å². The van der Waals surface area contributed by atoms with Crippen LogP contribution in [0.2, 0.25) is 0 Å². The van der Waals surface area contributed by atoms with Gasteiger partial charge in [-0.25, -0.2) is 0 Å². The Morgan fingerprint density at radius 3 is 2.38 bits per heavy atom. The topological polar surface area (TPSA) is 75.4 Å². The number of halogens is 3. The Balaban J connectivity index is 2.92. The molecule has 0 atom stereocenters. The molecule has 8 heteroatoms. The van der Waals surface area contributed by atoms with Crippen LogP contribution in [0.25, 0.3) is 0 Å². The summed E-state index contributed by atoms with van der Waals surface area (Å²) in [5.74, 6) is -0.910. The van der Waals surface area contributed by atoms with Gasteiger partial charge in [0, 0.05) is 26.2 Å². The average molecular weight is 303 g/mol. The summed E-state index contributed by atoms with van der Waals surface area (Å²) in [4.78, 5) is 23.8. The maximum Gasteiger partial charge on any atom is 0.416 e. The van der Waals surface area contributed by atoms with Gasteiger partial charge in [0.05, 0.1) is 12.1 Å². The molecule has 1 rings (SSSR count). The van der Waals surface area contributed by atoms with Crippen LogP contribution in [0.15, 0.2) is 18.2 Å². The van der Waals surface area contributed by atoms with E-state index in [-0.39, 0.29) is 30.2 Å². The van der Waals surface area contributed by atoms with E-state index in [9.17, 15) is 22.8 Å². The van der Waals surface area contributed by atoms with Gasteiger partial charge >= 0.3 is 6.18 Å². The smallest absolute Gasteiger partial charge is 0.337 e. The number of anilines is 1. The highest BCUT2D eigenvalue weighted by Crippen LogP contribution is 2.31. The van der Waals surface area contributed by atoms with Crippen LogP contribution in [0, 0.1) is 0 Å². The molecule has 5 nitrogen and oxygen atoms in total. The number of hydrogen-bond acceptors (Lipinski definition) is 3. The third-order valence-electron chi connectivity index (χ3n) is 2.76. The summed E-state index contributed by atoms with van der Waals surface area (Å²) in [5, 5.41) is 2.33. The first-order valence-electron chi connectivity index (χ1n) is 6.06. The summed E-state index contributed by atoms with van der Waals surface area (Å²) in [6.07, 6.45) is -4.53. The third kappa shape index (κ3) is 5.07. The predicted octanol–water partition coefficient (Wildman–Crippen LogP) is 1.58. The van der Waals surface area contributed by atoms with E-state index in [0.29, 0.717) is 0 Å². The van der Waals surface area contributed by atoms with Gasteiger partial charge < -0.3 is 16.0 Å². The summed E-state index contributed by atoms with van der Waals surface area (Å²) in [6.45, 7) is 0.952. The molecule has 116 valence electrons. The van der Waals surface area contributed by atoms with Crippen molar-refractivity contribution in [2.24, 2.45) is 5.73 Å². The van der Waals surface area contributed by atoms with Crippen molar-refractivity contribution in [1.29, 1.82) is 0 Å². The Kier molecular flexibility index (Phi) is 5.31. The molecule has 0 aliphatic rings. The highest BCUT2D eigenvalue weighted by atomic mass is 19.4. The average Bonchev–Trinajstić information content (AvgIpc) is 2.36. The standard InChI is InChI=1S/C13H16F3N3O2/c1-8(20)19(2)7-12(21)18-11-4-9(6-17)3-10(5-11)13(14,15)16/h3-5H,6-7,17H2,1-2H3,(H,18,21). The fourth-order valence-electron chi connectivity index (χ4n) is 1.57. The number of nitrogens with zero attached hydrogens (tertiary/aromatic N) is 1. The van der Waals surface area contributed by atoms with Gasteiger partial charge in [0.1, 0.15) is 0 Å². The van der Waals surface area contributed by atoms with Crippen molar-refractivity contribution in [3.05, 3.63) is 29.3 Å². The number of alkyl halides is 3. The second kappa shape index (κ2) is 6.57. The van der Waals surface area contributed by atoms with Gasteiger partial charge in [0.15, 0.2) is 0 Å². The summed E-state index contributed by atoms with van der Waals surface area (Å²) in [6, 6.07) is 3.11. The van der Waals surface area contributed by atoms with Crippen LogP contribution in [0.5, 0.6) is 0 Å². The number of carbonyl (C=O) groups excluding carboxylic acids is 2. The molecule has 0 aliphatic heterocycles.